The van der Waals surface area contributed by atoms with E-state index in [0.717, 1.165) is 13.1 Å². The number of halogens is 1. The number of thiazole rings is 1. The number of aromatic nitrogens is 3. The molecule has 7 nitrogen and oxygen atoms in total. The molecule has 2 heterocycles. The fraction of sp³-hybridized carbons (Fsp3) is 0.429. The summed E-state index contributed by atoms with van der Waals surface area (Å²) in [5.74, 6) is -0.700. The first kappa shape index (κ1) is 22.0. The van der Waals surface area contributed by atoms with Crippen molar-refractivity contribution in [2.24, 2.45) is 0 Å². The Balaban J connectivity index is 1.93. The van der Waals surface area contributed by atoms with E-state index in [0.29, 0.717) is 34.2 Å². The Kier molecular flexibility index (Phi) is 6.94. The van der Waals surface area contributed by atoms with Gasteiger partial charge in [0.25, 0.3) is 5.56 Å². The monoisotopic (exact) mass is 431 g/mol. The second-order valence-corrected chi connectivity index (χ2v) is 8.05. The van der Waals surface area contributed by atoms with Crippen LogP contribution in [-0.4, -0.2) is 51.5 Å². The van der Waals surface area contributed by atoms with Gasteiger partial charge in [-0.1, -0.05) is 31.3 Å². The number of amides is 1. The van der Waals surface area contributed by atoms with Crippen molar-refractivity contribution in [3.63, 3.8) is 0 Å². The molecule has 2 aromatic heterocycles. The van der Waals surface area contributed by atoms with Gasteiger partial charge >= 0.3 is 0 Å². The fourth-order valence-electron chi connectivity index (χ4n) is 3.15. The lowest BCUT2D eigenvalue weighted by Crippen LogP contribution is -2.41. The number of carbonyl (C=O) groups excluding carboxylic acids is 1. The summed E-state index contributed by atoms with van der Waals surface area (Å²) in [7, 11) is 0. The third-order valence-electron chi connectivity index (χ3n) is 5.25. The molecule has 0 saturated heterocycles. The lowest BCUT2D eigenvalue weighted by Gasteiger charge is -2.25. The quantitative estimate of drug-likeness (QED) is 0.548. The molecule has 0 aliphatic heterocycles. The second-order valence-electron chi connectivity index (χ2n) is 7.04. The molecule has 160 valence electrons. The van der Waals surface area contributed by atoms with Gasteiger partial charge in [-0.25, -0.2) is 14.4 Å². The SMILES string of the molecule is CCN(CC)CCN(C(=O)Cn1cnc(C)c(C)c1=O)c1nc2c(F)cccc2s1. The molecular formula is C21H26FN5O2S. The molecule has 9 heteroatoms. The van der Waals surface area contributed by atoms with E-state index in [4.69, 9.17) is 0 Å². The number of hydrogen-bond acceptors (Lipinski definition) is 6. The maximum atomic E-state index is 14.1. The summed E-state index contributed by atoms with van der Waals surface area (Å²) in [6.07, 6.45) is 1.39. The van der Waals surface area contributed by atoms with Gasteiger partial charge in [0.05, 0.1) is 11.0 Å². The number of para-hydroxylation sites is 1. The lowest BCUT2D eigenvalue weighted by molar-refractivity contribution is -0.119. The number of fused-ring (bicyclic) bond motifs is 1. The van der Waals surface area contributed by atoms with Crippen LogP contribution in [0.5, 0.6) is 0 Å². The van der Waals surface area contributed by atoms with Gasteiger partial charge in [-0.15, -0.1) is 0 Å². The van der Waals surface area contributed by atoms with Crippen LogP contribution in [0, 0.1) is 19.7 Å². The summed E-state index contributed by atoms with van der Waals surface area (Å²) in [5, 5.41) is 0.428. The highest BCUT2D eigenvalue weighted by Gasteiger charge is 2.22. The summed E-state index contributed by atoms with van der Waals surface area (Å²) in [5.41, 5.74) is 1.17. The van der Waals surface area contributed by atoms with Crippen LogP contribution in [0.15, 0.2) is 29.3 Å². The second kappa shape index (κ2) is 9.44. The third kappa shape index (κ3) is 4.57. The Hall–Kier alpha value is -2.65. The van der Waals surface area contributed by atoms with Crippen molar-refractivity contribution in [1.82, 2.24) is 19.4 Å². The predicted molar refractivity (Wildman–Crippen MR) is 118 cm³/mol. The van der Waals surface area contributed by atoms with Gasteiger partial charge in [0, 0.05) is 24.3 Å². The molecule has 1 amide bonds. The summed E-state index contributed by atoms with van der Waals surface area (Å²) in [6, 6.07) is 4.76. The average Bonchev–Trinajstić information content (AvgIpc) is 3.17. The molecule has 0 atom stereocenters. The predicted octanol–water partition coefficient (Wildman–Crippen LogP) is 2.98. The minimum atomic E-state index is -0.416. The standard InChI is InChI=1S/C21H26FN5O2S/c1-5-25(6-2)10-11-27(21-24-19-16(22)8-7-9-17(19)30-21)18(28)12-26-13-23-15(4)14(3)20(26)29/h7-9,13H,5-6,10-12H2,1-4H3. The molecule has 0 radical (unpaired) electrons. The van der Waals surface area contributed by atoms with Crippen molar-refractivity contribution in [1.29, 1.82) is 0 Å². The molecule has 0 N–H and O–H groups in total. The molecule has 3 aromatic rings. The van der Waals surface area contributed by atoms with Crippen LogP contribution < -0.4 is 10.5 Å². The van der Waals surface area contributed by atoms with Crippen LogP contribution in [-0.2, 0) is 11.3 Å². The topological polar surface area (TPSA) is 71.3 Å². The Morgan fingerprint density at radius 2 is 1.93 bits per heavy atom. The minimum Gasteiger partial charge on any atom is -0.302 e. The minimum absolute atomic E-state index is 0.149. The van der Waals surface area contributed by atoms with Crippen molar-refractivity contribution in [2.45, 2.75) is 34.2 Å². The molecule has 30 heavy (non-hydrogen) atoms. The number of aryl methyl sites for hydroxylation is 1. The van der Waals surface area contributed by atoms with Crippen LogP contribution in [0.4, 0.5) is 9.52 Å². The van der Waals surface area contributed by atoms with Crippen molar-refractivity contribution >= 4 is 32.6 Å². The number of likely N-dealkylation sites (N-methyl/N-ethyl adjacent to an activating group) is 1. The summed E-state index contributed by atoms with van der Waals surface area (Å²) in [6.45, 7) is 10.2. The molecule has 1 aromatic carbocycles. The number of hydrogen-bond donors (Lipinski definition) is 0. The zero-order valence-corrected chi connectivity index (χ0v) is 18.5. The lowest BCUT2D eigenvalue weighted by atomic mass is 10.3. The molecule has 0 saturated carbocycles. The van der Waals surface area contributed by atoms with Gasteiger partial charge in [-0.2, -0.15) is 0 Å². The number of nitrogens with zero attached hydrogens (tertiary/aromatic N) is 5. The number of benzene rings is 1. The average molecular weight is 432 g/mol. The molecule has 0 aliphatic rings. The molecule has 0 aliphatic carbocycles. The van der Waals surface area contributed by atoms with Crippen molar-refractivity contribution < 1.29 is 9.18 Å². The molecule has 0 fully saturated rings. The Morgan fingerprint density at radius 1 is 1.20 bits per heavy atom. The Bertz CT molecular complexity index is 1110. The van der Waals surface area contributed by atoms with E-state index >= 15 is 0 Å². The zero-order valence-electron chi connectivity index (χ0n) is 17.7. The van der Waals surface area contributed by atoms with Gasteiger partial charge in [-0.05, 0) is 39.1 Å². The molecule has 0 spiro atoms. The smallest absolute Gasteiger partial charge is 0.256 e. The van der Waals surface area contributed by atoms with Gasteiger partial charge in [-0.3, -0.25) is 19.1 Å². The molecule has 0 unspecified atom stereocenters. The zero-order chi connectivity index (χ0) is 21.8. The van der Waals surface area contributed by atoms with Gasteiger partial charge < -0.3 is 4.90 Å². The first-order chi connectivity index (χ1) is 14.3. The van der Waals surface area contributed by atoms with Crippen LogP contribution in [0.3, 0.4) is 0 Å². The van der Waals surface area contributed by atoms with Gasteiger partial charge in [0.15, 0.2) is 5.13 Å². The van der Waals surface area contributed by atoms with E-state index in [1.165, 1.54) is 28.3 Å². The van der Waals surface area contributed by atoms with E-state index in [2.05, 4.69) is 28.7 Å². The van der Waals surface area contributed by atoms with Crippen molar-refractivity contribution in [2.75, 3.05) is 31.1 Å². The first-order valence-corrected chi connectivity index (χ1v) is 10.8. The molecule has 3 rings (SSSR count). The van der Waals surface area contributed by atoms with Crippen LogP contribution in [0.1, 0.15) is 25.1 Å². The third-order valence-corrected chi connectivity index (χ3v) is 6.29. The normalized spacial score (nSPS) is 11.4. The summed E-state index contributed by atoms with van der Waals surface area (Å²) >= 11 is 1.27. The molecular weight excluding hydrogens is 405 g/mol. The summed E-state index contributed by atoms with van der Waals surface area (Å²) in [4.78, 5) is 38.0. The van der Waals surface area contributed by atoms with E-state index in [1.54, 1.807) is 30.9 Å². The first-order valence-electron chi connectivity index (χ1n) is 9.96. The Morgan fingerprint density at radius 3 is 2.60 bits per heavy atom. The fourth-order valence-corrected chi connectivity index (χ4v) is 4.17. The van der Waals surface area contributed by atoms with Crippen LogP contribution >= 0.6 is 11.3 Å². The van der Waals surface area contributed by atoms with E-state index in [9.17, 15) is 14.0 Å². The van der Waals surface area contributed by atoms with Crippen molar-refractivity contribution in [3.8, 4) is 0 Å². The van der Waals surface area contributed by atoms with E-state index in [-0.39, 0.29) is 23.5 Å². The molecule has 0 bridgehead atoms. The highest BCUT2D eigenvalue weighted by Crippen LogP contribution is 2.30. The Labute approximate surface area is 178 Å². The van der Waals surface area contributed by atoms with Crippen LogP contribution in [0.2, 0.25) is 0 Å². The maximum Gasteiger partial charge on any atom is 0.256 e. The van der Waals surface area contributed by atoms with Crippen molar-refractivity contribution in [3.05, 3.63) is 52.0 Å². The maximum absolute atomic E-state index is 14.1. The highest BCUT2D eigenvalue weighted by molar-refractivity contribution is 7.22. The van der Waals surface area contributed by atoms with Gasteiger partial charge in [0.2, 0.25) is 5.91 Å². The number of anilines is 1. The van der Waals surface area contributed by atoms with E-state index in [1.807, 2.05) is 0 Å². The van der Waals surface area contributed by atoms with Crippen LogP contribution in [0.25, 0.3) is 10.2 Å². The summed E-state index contributed by atoms with van der Waals surface area (Å²) < 4.78 is 16.1. The van der Waals surface area contributed by atoms with Gasteiger partial charge in [0.1, 0.15) is 17.9 Å². The number of carbonyl (C=O) groups is 1. The van der Waals surface area contributed by atoms with E-state index < -0.39 is 5.82 Å². The number of rotatable bonds is 8. The largest absolute Gasteiger partial charge is 0.302 e. The highest BCUT2D eigenvalue weighted by atomic mass is 32.1.